The summed E-state index contributed by atoms with van der Waals surface area (Å²) in [6.45, 7) is 5.00. The number of anilines is 2. The van der Waals surface area contributed by atoms with Gasteiger partial charge in [-0.2, -0.15) is 5.26 Å². The summed E-state index contributed by atoms with van der Waals surface area (Å²) in [6, 6.07) is 6.20. The minimum Gasteiger partial charge on any atom is -0.375 e. The number of nitrogens with two attached hydrogens (primary N) is 1. The first-order valence-corrected chi connectivity index (χ1v) is 12.2. The number of amides is 1. The van der Waals surface area contributed by atoms with Crippen LogP contribution in [-0.2, 0) is 4.79 Å². The third-order valence-electron chi connectivity index (χ3n) is 6.26. The highest BCUT2D eigenvalue weighted by Crippen LogP contribution is 2.43. The fourth-order valence-corrected chi connectivity index (χ4v) is 5.63. The Morgan fingerprint density at radius 1 is 1.24 bits per heavy atom. The van der Waals surface area contributed by atoms with Crippen LogP contribution in [0.4, 0.5) is 19.6 Å². The highest BCUT2D eigenvalue weighted by Gasteiger charge is 2.28. The minimum atomic E-state index is -0.787. The van der Waals surface area contributed by atoms with E-state index in [9.17, 15) is 14.4 Å². The Morgan fingerprint density at radius 2 is 1.97 bits per heavy atom. The van der Waals surface area contributed by atoms with Crippen molar-refractivity contribution in [1.29, 1.82) is 5.26 Å². The van der Waals surface area contributed by atoms with Gasteiger partial charge in [0.15, 0.2) is 10.9 Å². The van der Waals surface area contributed by atoms with Gasteiger partial charge < -0.3 is 15.5 Å². The van der Waals surface area contributed by atoms with Gasteiger partial charge in [-0.25, -0.2) is 18.7 Å². The summed E-state index contributed by atoms with van der Waals surface area (Å²) in [5, 5.41) is 10.4. The average molecular weight is 535 g/mol. The van der Waals surface area contributed by atoms with Crippen LogP contribution in [0.5, 0.6) is 0 Å². The van der Waals surface area contributed by atoms with Crippen molar-refractivity contribution in [1.82, 2.24) is 14.9 Å². The van der Waals surface area contributed by atoms with E-state index in [1.54, 1.807) is 4.90 Å². The van der Waals surface area contributed by atoms with Crippen LogP contribution in [0.1, 0.15) is 11.3 Å². The first kappa shape index (κ1) is 24.4. The van der Waals surface area contributed by atoms with Crippen LogP contribution in [0.3, 0.4) is 0 Å². The Labute approximate surface area is 219 Å². The number of piperazine rings is 1. The summed E-state index contributed by atoms with van der Waals surface area (Å²) in [4.78, 5) is 24.0. The van der Waals surface area contributed by atoms with E-state index in [1.165, 1.54) is 24.3 Å². The molecule has 11 heteroatoms. The van der Waals surface area contributed by atoms with Crippen molar-refractivity contribution in [3.8, 4) is 29.5 Å². The molecule has 7 nitrogen and oxygen atoms in total. The van der Waals surface area contributed by atoms with Gasteiger partial charge in [0.1, 0.15) is 28.7 Å². The Bertz CT molecular complexity index is 1710. The van der Waals surface area contributed by atoms with Crippen LogP contribution in [0, 0.1) is 35.3 Å². The number of halogens is 3. The Hall–Kier alpha value is -4.25. The third-order valence-corrected chi connectivity index (χ3v) is 7.45. The van der Waals surface area contributed by atoms with E-state index in [-0.39, 0.29) is 54.2 Å². The molecule has 0 atom stereocenters. The van der Waals surface area contributed by atoms with Crippen molar-refractivity contribution >= 4 is 60.8 Å². The molecular formula is C26H17ClF2N6OS. The van der Waals surface area contributed by atoms with Crippen molar-refractivity contribution in [2.75, 3.05) is 36.8 Å². The summed E-state index contributed by atoms with van der Waals surface area (Å²) in [6.07, 6.45) is 6.90. The standard InChI is InChI=1S/C26H17ClF2N6OS/c1-3-18-15(12-30)24(35-9-7-34(8-10-35)19(36)4-2)14-11-16(27)20(21(29)22(14)32-18)13-5-6-17(28)25-23(13)33-26(31)37-25/h1,4-6,11H,2,7-10H2,(H2,31,33). The number of thiazole rings is 1. The van der Waals surface area contributed by atoms with E-state index < -0.39 is 11.6 Å². The second-order valence-corrected chi connectivity index (χ2v) is 9.66. The van der Waals surface area contributed by atoms with Gasteiger partial charge in [-0.3, -0.25) is 4.79 Å². The van der Waals surface area contributed by atoms with Crippen LogP contribution >= 0.6 is 22.9 Å². The number of hydrogen-bond acceptors (Lipinski definition) is 7. The topological polar surface area (TPSA) is 99.1 Å². The number of rotatable bonds is 3. The molecule has 0 saturated carbocycles. The van der Waals surface area contributed by atoms with Gasteiger partial charge >= 0.3 is 0 Å². The largest absolute Gasteiger partial charge is 0.375 e. The molecule has 2 N–H and O–H groups in total. The lowest BCUT2D eigenvalue weighted by Crippen LogP contribution is -2.48. The lowest BCUT2D eigenvalue weighted by Gasteiger charge is -2.36. The van der Waals surface area contributed by atoms with Crippen LogP contribution in [0.2, 0.25) is 5.02 Å². The second kappa shape index (κ2) is 9.32. The lowest BCUT2D eigenvalue weighted by molar-refractivity contribution is -0.126. The molecule has 1 amide bonds. The highest BCUT2D eigenvalue weighted by molar-refractivity contribution is 7.22. The normalized spacial score (nSPS) is 13.5. The number of hydrogen-bond donors (Lipinski definition) is 1. The van der Waals surface area contributed by atoms with Crippen molar-refractivity contribution < 1.29 is 13.6 Å². The summed E-state index contributed by atoms with van der Waals surface area (Å²) < 4.78 is 30.8. The number of benzene rings is 2. The molecule has 4 aromatic rings. The molecule has 0 spiro atoms. The Balaban J connectivity index is 1.75. The molecular weight excluding hydrogens is 518 g/mol. The number of aromatic nitrogens is 2. The van der Waals surface area contributed by atoms with Gasteiger partial charge in [0.2, 0.25) is 5.91 Å². The number of nitrogens with zero attached hydrogens (tertiary/aromatic N) is 5. The van der Waals surface area contributed by atoms with E-state index in [0.717, 1.165) is 11.3 Å². The summed E-state index contributed by atoms with van der Waals surface area (Å²) >= 11 is 7.58. The van der Waals surface area contributed by atoms with Gasteiger partial charge in [0.25, 0.3) is 0 Å². The van der Waals surface area contributed by atoms with Gasteiger partial charge in [-0.05, 0) is 30.2 Å². The van der Waals surface area contributed by atoms with E-state index in [0.29, 0.717) is 37.3 Å². The Kier molecular flexibility index (Phi) is 6.16. The molecule has 184 valence electrons. The van der Waals surface area contributed by atoms with Crippen molar-refractivity contribution in [3.05, 3.63) is 58.8 Å². The smallest absolute Gasteiger partial charge is 0.246 e. The molecule has 37 heavy (non-hydrogen) atoms. The number of carbonyl (C=O) groups is 1. The molecule has 3 heterocycles. The maximum Gasteiger partial charge on any atom is 0.246 e. The molecule has 2 aromatic heterocycles. The van der Waals surface area contributed by atoms with Gasteiger partial charge in [-0.15, -0.1) is 6.42 Å². The number of pyridine rings is 1. The maximum atomic E-state index is 16.2. The molecule has 0 bridgehead atoms. The molecule has 1 saturated heterocycles. The average Bonchev–Trinajstić information content (AvgIpc) is 3.31. The van der Waals surface area contributed by atoms with E-state index >= 15 is 4.39 Å². The highest BCUT2D eigenvalue weighted by atomic mass is 35.5. The summed E-state index contributed by atoms with van der Waals surface area (Å²) in [5.41, 5.74) is 6.58. The lowest BCUT2D eigenvalue weighted by atomic mass is 9.98. The van der Waals surface area contributed by atoms with Crippen LogP contribution in [-0.4, -0.2) is 47.0 Å². The zero-order valence-electron chi connectivity index (χ0n) is 19.2. The molecule has 2 aromatic carbocycles. The van der Waals surface area contributed by atoms with Gasteiger partial charge in [0, 0.05) is 42.7 Å². The molecule has 0 aliphatic carbocycles. The monoisotopic (exact) mass is 534 g/mol. The fraction of sp³-hybridized carbons (Fsp3) is 0.154. The van der Waals surface area contributed by atoms with Gasteiger partial charge in [-0.1, -0.05) is 29.5 Å². The minimum absolute atomic E-state index is 0.0188. The number of fused-ring (bicyclic) bond motifs is 2. The number of carbonyl (C=O) groups excluding carboxylic acids is 1. The SMILES string of the molecule is C#Cc1nc2c(F)c(-c3ccc(F)c4sc(N)nc34)c(Cl)cc2c(N2CCN(C(=O)C=C)CC2)c1C#N. The predicted molar refractivity (Wildman–Crippen MR) is 141 cm³/mol. The summed E-state index contributed by atoms with van der Waals surface area (Å²) in [7, 11) is 0. The number of terminal acetylenes is 1. The Morgan fingerprint density at radius 3 is 2.62 bits per heavy atom. The van der Waals surface area contributed by atoms with Gasteiger partial charge in [0.05, 0.1) is 20.9 Å². The van der Waals surface area contributed by atoms with E-state index in [2.05, 4.69) is 28.5 Å². The molecule has 1 aliphatic rings. The predicted octanol–water partition coefficient (Wildman–Crippen LogP) is 4.71. The molecule has 0 unspecified atom stereocenters. The zero-order valence-corrected chi connectivity index (χ0v) is 20.8. The van der Waals surface area contributed by atoms with Crippen LogP contribution < -0.4 is 10.6 Å². The number of nitrogen functional groups attached to an aromatic ring is 1. The number of nitriles is 1. The maximum absolute atomic E-state index is 16.2. The third kappa shape index (κ3) is 3.91. The summed E-state index contributed by atoms with van der Waals surface area (Å²) in [5.74, 6) is 0.862. The van der Waals surface area contributed by atoms with Crippen LogP contribution in [0.15, 0.2) is 30.9 Å². The first-order chi connectivity index (χ1) is 17.8. The first-order valence-electron chi connectivity index (χ1n) is 11.0. The molecule has 1 aliphatic heterocycles. The quantitative estimate of drug-likeness (QED) is 0.302. The van der Waals surface area contributed by atoms with Crippen molar-refractivity contribution in [2.24, 2.45) is 0 Å². The van der Waals surface area contributed by atoms with E-state index in [1.807, 2.05) is 4.90 Å². The molecule has 1 fully saturated rings. The van der Waals surface area contributed by atoms with Crippen molar-refractivity contribution in [3.63, 3.8) is 0 Å². The molecule has 0 radical (unpaired) electrons. The zero-order chi connectivity index (χ0) is 26.4. The second-order valence-electron chi connectivity index (χ2n) is 8.22. The molecule has 5 rings (SSSR count). The van der Waals surface area contributed by atoms with E-state index in [4.69, 9.17) is 23.8 Å². The fourth-order valence-electron chi connectivity index (χ4n) is 4.57. The van der Waals surface area contributed by atoms with Crippen molar-refractivity contribution in [2.45, 2.75) is 0 Å². The van der Waals surface area contributed by atoms with Crippen LogP contribution in [0.25, 0.3) is 32.2 Å².